The van der Waals surface area contributed by atoms with Gasteiger partial charge in [-0.25, -0.2) is 0 Å². The van der Waals surface area contributed by atoms with Crippen LogP contribution in [-0.4, -0.2) is 12.5 Å². The van der Waals surface area contributed by atoms with Gasteiger partial charge < -0.3 is 9.64 Å². The second-order valence-corrected chi connectivity index (χ2v) is 7.37. The Morgan fingerprint density at radius 3 is 2.62 bits per heavy atom. The van der Waals surface area contributed by atoms with Gasteiger partial charge in [-0.05, 0) is 49.2 Å². The minimum absolute atomic E-state index is 0.0497. The Morgan fingerprint density at radius 2 is 1.88 bits per heavy atom. The first-order valence-corrected chi connectivity index (χ1v) is 9.78. The first-order chi connectivity index (χ1) is 12.7. The molecule has 0 unspecified atom stereocenters. The first-order valence-electron chi connectivity index (χ1n) is 8.97. The highest BCUT2D eigenvalue weighted by Gasteiger charge is 2.25. The summed E-state index contributed by atoms with van der Waals surface area (Å²) in [6.45, 7) is 5.30. The Kier molecular flexibility index (Phi) is 4.51. The van der Waals surface area contributed by atoms with Crippen LogP contribution in [-0.2, 0) is 13.0 Å². The molecule has 0 aliphatic carbocycles. The number of ether oxygens (including phenoxy) is 1. The number of carbonyl (C=O) groups is 1. The van der Waals surface area contributed by atoms with E-state index in [4.69, 9.17) is 4.74 Å². The first kappa shape index (κ1) is 16.9. The van der Waals surface area contributed by atoms with E-state index in [1.807, 2.05) is 48.2 Å². The minimum atomic E-state index is 0.0497. The molecule has 26 heavy (non-hydrogen) atoms. The molecule has 0 N–H and O–H groups in total. The average Bonchev–Trinajstić information content (AvgIpc) is 3.14. The molecule has 0 fully saturated rings. The number of carbonyl (C=O) groups excluding carboxylic acids is 1. The van der Waals surface area contributed by atoms with Crippen LogP contribution in [0.2, 0.25) is 0 Å². The number of para-hydroxylation sites is 1. The zero-order valence-corrected chi connectivity index (χ0v) is 15.8. The Morgan fingerprint density at radius 1 is 1.12 bits per heavy atom. The molecule has 0 saturated heterocycles. The van der Waals surface area contributed by atoms with Crippen molar-refractivity contribution in [1.82, 2.24) is 0 Å². The highest BCUT2D eigenvalue weighted by atomic mass is 32.1. The highest BCUT2D eigenvalue weighted by molar-refractivity contribution is 7.17. The van der Waals surface area contributed by atoms with Crippen molar-refractivity contribution >= 4 is 22.9 Å². The lowest BCUT2D eigenvalue weighted by atomic mass is 10.1. The van der Waals surface area contributed by atoms with Crippen LogP contribution in [0.1, 0.15) is 34.6 Å². The summed E-state index contributed by atoms with van der Waals surface area (Å²) in [6, 6.07) is 18.3. The normalized spacial score (nSPS) is 12.1. The van der Waals surface area contributed by atoms with E-state index in [0.717, 1.165) is 38.7 Å². The molecule has 0 saturated carbocycles. The van der Waals surface area contributed by atoms with Gasteiger partial charge in [0.2, 0.25) is 0 Å². The number of hydrogen-bond acceptors (Lipinski definition) is 3. The van der Waals surface area contributed by atoms with Crippen LogP contribution in [0.4, 0.5) is 5.69 Å². The third-order valence-electron chi connectivity index (χ3n) is 4.75. The predicted molar refractivity (Wildman–Crippen MR) is 107 cm³/mol. The topological polar surface area (TPSA) is 29.5 Å². The fourth-order valence-electron chi connectivity index (χ4n) is 3.29. The van der Waals surface area contributed by atoms with Crippen LogP contribution in [0, 0.1) is 0 Å². The van der Waals surface area contributed by atoms with Crippen molar-refractivity contribution in [2.75, 3.05) is 11.4 Å². The highest BCUT2D eigenvalue weighted by Crippen LogP contribution is 2.42. The molecule has 0 atom stereocenters. The number of aryl methyl sites for hydroxylation is 1. The summed E-state index contributed by atoms with van der Waals surface area (Å²) in [5.41, 5.74) is 4.39. The molecule has 1 aromatic heterocycles. The molecule has 1 aliphatic heterocycles. The maximum Gasteiger partial charge on any atom is 0.268 e. The zero-order valence-electron chi connectivity index (χ0n) is 15.0. The smallest absolute Gasteiger partial charge is 0.268 e. The monoisotopic (exact) mass is 363 g/mol. The summed E-state index contributed by atoms with van der Waals surface area (Å²) in [5, 5.41) is 0. The molecule has 0 spiro atoms. The molecular weight excluding hydrogens is 342 g/mol. The third-order valence-corrected chi connectivity index (χ3v) is 5.95. The molecule has 2 heterocycles. The SMILES string of the molecule is CCc1ccc(N(CC)C(=O)c2cc3c(s2)-c2ccccc2OC3)cc1. The number of anilines is 1. The van der Waals surface area contributed by atoms with Crippen LogP contribution in [0.15, 0.2) is 54.6 Å². The lowest BCUT2D eigenvalue weighted by Crippen LogP contribution is -2.29. The van der Waals surface area contributed by atoms with E-state index >= 15 is 0 Å². The van der Waals surface area contributed by atoms with Crippen molar-refractivity contribution in [2.45, 2.75) is 26.9 Å². The zero-order chi connectivity index (χ0) is 18.1. The molecule has 132 valence electrons. The van der Waals surface area contributed by atoms with Crippen molar-refractivity contribution in [3.8, 4) is 16.2 Å². The molecule has 1 amide bonds. The van der Waals surface area contributed by atoms with Crippen molar-refractivity contribution in [1.29, 1.82) is 0 Å². The molecule has 2 aromatic carbocycles. The van der Waals surface area contributed by atoms with E-state index in [-0.39, 0.29) is 5.91 Å². The van der Waals surface area contributed by atoms with Crippen molar-refractivity contribution in [2.24, 2.45) is 0 Å². The van der Waals surface area contributed by atoms with Gasteiger partial charge in [0.15, 0.2) is 0 Å². The average molecular weight is 363 g/mol. The lowest BCUT2D eigenvalue weighted by Gasteiger charge is -2.20. The number of benzene rings is 2. The Hall–Kier alpha value is -2.59. The van der Waals surface area contributed by atoms with Gasteiger partial charge >= 0.3 is 0 Å². The molecule has 1 aliphatic rings. The van der Waals surface area contributed by atoms with Crippen LogP contribution in [0.25, 0.3) is 10.4 Å². The maximum absolute atomic E-state index is 13.2. The van der Waals surface area contributed by atoms with Gasteiger partial charge in [0, 0.05) is 28.2 Å². The molecule has 0 radical (unpaired) electrons. The largest absolute Gasteiger partial charge is 0.488 e. The van der Waals surface area contributed by atoms with Gasteiger partial charge in [0.1, 0.15) is 12.4 Å². The van der Waals surface area contributed by atoms with Gasteiger partial charge in [-0.1, -0.05) is 31.2 Å². The molecular formula is C22H21NO2S. The minimum Gasteiger partial charge on any atom is -0.488 e. The van der Waals surface area contributed by atoms with Gasteiger partial charge in [-0.2, -0.15) is 0 Å². The lowest BCUT2D eigenvalue weighted by molar-refractivity contribution is 0.0992. The fraction of sp³-hybridized carbons (Fsp3) is 0.227. The van der Waals surface area contributed by atoms with E-state index in [9.17, 15) is 4.79 Å². The van der Waals surface area contributed by atoms with E-state index < -0.39 is 0 Å². The molecule has 0 bridgehead atoms. The van der Waals surface area contributed by atoms with Gasteiger partial charge in [-0.15, -0.1) is 11.3 Å². The van der Waals surface area contributed by atoms with E-state index in [1.54, 1.807) is 11.3 Å². The second kappa shape index (κ2) is 6.96. The van der Waals surface area contributed by atoms with Crippen LogP contribution in [0.5, 0.6) is 5.75 Å². The van der Waals surface area contributed by atoms with E-state index in [2.05, 4.69) is 25.1 Å². The maximum atomic E-state index is 13.2. The molecule has 3 aromatic rings. The fourth-order valence-corrected chi connectivity index (χ4v) is 4.44. The quantitative estimate of drug-likeness (QED) is 0.609. The number of thiophene rings is 1. The molecule has 4 heteroatoms. The van der Waals surface area contributed by atoms with E-state index in [0.29, 0.717) is 13.2 Å². The molecule has 3 nitrogen and oxygen atoms in total. The number of rotatable bonds is 4. The Labute approximate surface area is 157 Å². The van der Waals surface area contributed by atoms with Crippen LogP contribution < -0.4 is 9.64 Å². The van der Waals surface area contributed by atoms with Crippen LogP contribution in [0.3, 0.4) is 0 Å². The van der Waals surface area contributed by atoms with Crippen LogP contribution >= 0.6 is 11.3 Å². The summed E-state index contributed by atoms with van der Waals surface area (Å²) >= 11 is 1.56. The summed E-state index contributed by atoms with van der Waals surface area (Å²) in [4.78, 5) is 16.9. The molecule has 4 rings (SSSR count). The second-order valence-electron chi connectivity index (χ2n) is 6.32. The number of fused-ring (bicyclic) bond motifs is 3. The number of nitrogens with zero attached hydrogens (tertiary/aromatic N) is 1. The van der Waals surface area contributed by atoms with E-state index in [1.165, 1.54) is 5.56 Å². The van der Waals surface area contributed by atoms with Crippen molar-refractivity contribution in [3.05, 3.63) is 70.6 Å². The third kappa shape index (κ3) is 2.90. The number of amides is 1. The van der Waals surface area contributed by atoms with Gasteiger partial charge in [0.25, 0.3) is 5.91 Å². The predicted octanol–water partition coefficient (Wildman–Crippen LogP) is 5.54. The van der Waals surface area contributed by atoms with Crippen molar-refractivity contribution < 1.29 is 9.53 Å². The Balaban J connectivity index is 1.67. The van der Waals surface area contributed by atoms with Gasteiger partial charge in [0.05, 0.1) is 4.88 Å². The number of hydrogen-bond donors (Lipinski definition) is 0. The summed E-state index contributed by atoms with van der Waals surface area (Å²) in [6.07, 6.45) is 0.997. The van der Waals surface area contributed by atoms with Crippen molar-refractivity contribution in [3.63, 3.8) is 0 Å². The summed E-state index contributed by atoms with van der Waals surface area (Å²) in [7, 11) is 0. The van der Waals surface area contributed by atoms with Gasteiger partial charge in [-0.3, -0.25) is 4.79 Å². The summed E-state index contributed by atoms with van der Waals surface area (Å²) < 4.78 is 5.82. The Bertz CT molecular complexity index is 943. The summed E-state index contributed by atoms with van der Waals surface area (Å²) in [5.74, 6) is 0.942. The standard InChI is InChI=1S/C22H21NO2S/c1-3-15-9-11-17(12-10-15)23(4-2)22(24)20-13-16-14-25-19-8-6-5-7-18(19)21(16)26-20/h5-13H,3-4,14H2,1-2H3.